The Balaban J connectivity index is 1.50. The summed E-state index contributed by atoms with van der Waals surface area (Å²) in [6.45, 7) is 4.10. The highest BCUT2D eigenvalue weighted by molar-refractivity contribution is 5.78. The number of benzene rings is 2. The molecule has 1 fully saturated rings. The van der Waals surface area contributed by atoms with Gasteiger partial charge in [-0.25, -0.2) is 9.50 Å². The van der Waals surface area contributed by atoms with Gasteiger partial charge in [-0.1, -0.05) is 49.4 Å². The molecule has 2 aromatic carbocycles. The molecule has 1 aliphatic rings. The van der Waals surface area contributed by atoms with E-state index in [-0.39, 0.29) is 0 Å². The van der Waals surface area contributed by atoms with Crippen molar-refractivity contribution in [2.24, 2.45) is 0 Å². The fourth-order valence-electron chi connectivity index (χ4n) is 3.73. The highest BCUT2D eigenvalue weighted by Gasteiger charge is 2.38. The number of hydrogen-bond donors (Lipinski definition) is 1. The van der Waals surface area contributed by atoms with Gasteiger partial charge in [0, 0.05) is 23.5 Å². The van der Waals surface area contributed by atoms with E-state index in [1.165, 1.54) is 18.4 Å². The smallest absolute Gasteiger partial charge is 0.162 e. The summed E-state index contributed by atoms with van der Waals surface area (Å²) in [5, 5.41) is 14.4. The van der Waals surface area contributed by atoms with Crippen LogP contribution in [-0.2, 0) is 5.41 Å². The van der Waals surface area contributed by atoms with E-state index in [1.807, 2.05) is 47.4 Å². The van der Waals surface area contributed by atoms with Gasteiger partial charge in [0.15, 0.2) is 5.65 Å². The van der Waals surface area contributed by atoms with Crippen molar-refractivity contribution < 1.29 is 5.11 Å². The van der Waals surface area contributed by atoms with Crippen molar-refractivity contribution in [2.75, 3.05) is 0 Å². The van der Waals surface area contributed by atoms with Gasteiger partial charge in [-0.15, -0.1) is 0 Å². The van der Waals surface area contributed by atoms with E-state index in [4.69, 9.17) is 0 Å². The van der Waals surface area contributed by atoms with Crippen LogP contribution in [0.2, 0.25) is 0 Å². The van der Waals surface area contributed by atoms with Gasteiger partial charge in [0.25, 0.3) is 0 Å². The van der Waals surface area contributed by atoms with E-state index in [9.17, 15) is 5.11 Å². The van der Waals surface area contributed by atoms with Gasteiger partial charge in [-0.05, 0) is 53.5 Å². The van der Waals surface area contributed by atoms with Crippen LogP contribution in [0.1, 0.15) is 43.9 Å². The lowest BCUT2D eigenvalue weighted by Gasteiger charge is -2.10. The molecule has 4 aromatic rings. The maximum atomic E-state index is 9.86. The average molecular weight is 369 g/mol. The van der Waals surface area contributed by atoms with E-state index < -0.39 is 6.10 Å². The molecule has 1 saturated carbocycles. The molecule has 1 aliphatic carbocycles. The first-order valence-corrected chi connectivity index (χ1v) is 9.76. The van der Waals surface area contributed by atoms with Crippen LogP contribution in [0.3, 0.4) is 0 Å². The summed E-state index contributed by atoms with van der Waals surface area (Å²) in [6.07, 6.45) is 7.84. The van der Waals surface area contributed by atoms with Crippen LogP contribution in [-0.4, -0.2) is 19.7 Å². The highest BCUT2D eigenvalue weighted by Crippen LogP contribution is 2.47. The van der Waals surface area contributed by atoms with E-state index in [0.717, 1.165) is 33.5 Å². The molecule has 0 amide bonds. The topological polar surface area (TPSA) is 50.4 Å². The molecule has 0 aliphatic heterocycles. The van der Waals surface area contributed by atoms with E-state index in [1.54, 1.807) is 6.92 Å². The molecule has 2 heterocycles. The summed E-state index contributed by atoms with van der Waals surface area (Å²) >= 11 is 0. The second-order valence-electron chi connectivity index (χ2n) is 8.11. The minimum absolute atomic E-state index is 0.387. The zero-order valence-electron chi connectivity index (χ0n) is 16.1. The van der Waals surface area contributed by atoms with Gasteiger partial charge in [-0.2, -0.15) is 5.10 Å². The van der Waals surface area contributed by atoms with Crippen LogP contribution >= 0.6 is 0 Å². The van der Waals surface area contributed by atoms with Crippen molar-refractivity contribution >= 4 is 5.65 Å². The van der Waals surface area contributed by atoms with Crippen molar-refractivity contribution in [3.05, 3.63) is 78.2 Å². The van der Waals surface area contributed by atoms with Crippen molar-refractivity contribution in [2.45, 2.75) is 38.2 Å². The van der Waals surface area contributed by atoms with Crippen LogP contribution in [0.15, 0.2) is 67.1 Å². The maximum absolute atomic E-state index is 9.86. The molecule has 0 bridgehead atoms. The van der Waals surface area contributed by atoms with Crippen LogP contribution in [0.5, 0.6) is 0 Å². The monoisotopic (exact) mass is 369 g/mol. The molecule has 1 N–H and O–H groups in total. The molecule has 0 radical (unpaired) electrons. The lowest BCUT2D eigenvalue weighted by atomic mass is 9.96. The zero-order chi connectivity index (χ0) is 19.3. The zero-order valence-corrected chi connectivity index (χ0v) is 16.1. The second kappa shape index (κ2) is 6.28. The van der Waals surface area contributed by atoms with Gasteiger partial charge in [0.2, 0.25) is 0 Å². The van der Waals surface area contributed by atoms with Crippen LogP contribution in [0, 0.1) is 0 Å². The van der Waals surface area contributed by atoms with Crippen molar-refractivity contribution in [3.8, 4) is 22.3 Å². The lowest BCUT2D eigenvalue weighted by Crippen LogP contribution is -1.99. The predicted molar refractivity (Wildman–Crippen MR) is 111 cm³/mol. The Labute approximate surface area is 164 Å². The molecular weight excluding hydrogens is 346 g/mol. The molecule has 4 heteroatoms. The Bertz CT molecular complexity index is 1150. The molecule has 2 aromatic heterocycles. The van der Waals surface area contributed by atoms with Gasteiger partial charge < -0.3 is 5.11 Å². The number of aliphatic hydroxyl groups excluding tert-OH is 1. The maximum Gasteiger partial charge on any atom is 0.162 e. The average Bonchev–Trinajstić information content (AvgIpc) is 3.33. The number of fused-ring (bicyclic) bond motifs is 1. The minimum Gasteiger partial charge on any atom is -0.389 e. The number of aliphatic hydroxyl groups is 1. The van der Waals surface area contributed by atoms with Crippen LogP contribution < -0.4 is 0 Å². The second-order valence-corrected chi connectivity index (χ2v) is 8.11. The Kier molecular flexibility index (Phi) is 3.84. The van der Waals surface area contributed by atoms with Gasteiger partial charge in [0.05, 0.1) is 12.3 Å². The molecule has 4 nitrogen and oxygen atoms in total. The Morgan fingerprint density at radius 2 is 1.79 bits per heavy atom. The van der Waals surface area contributed by atoms with E-state index >= 15 is 0 Å². The first-order chi connectivity index (χ1) is 13.5. The first-order valence-electron chi connectivity index (χ1n) is 9.76. The molecule has 0 saturated heterocycles. The summed E-state index contributed by atoms with van der Waals surface area (Å²) in [4.78, 5) is 4.69. The number of hydrogen-bond acceptors (Lipinski definition) is 3. The SMILES string of the molecule is CC(O)c1cccc(-c2cnn3cc(-c4ccc(C5(C)CC5)cc4)cnc23)c1. The Morgan fingerprint density at radius 1 is 1.00 bits per heavy atom. The fourth-order valence-corrected chi connectivity index (χ4v) is 3.73. The number of rotatable bonds is 4. The van der Waals surface area contributed by atoms with Crippen LogP contribution in [0.25, 0.3) is 27.9 Å². The largest absolute Gasteiger partial charge is 0.389 e. The van der Waals surface area contributed by atoms with Crippen molar-refractivity contribution in [3.63, 3.8) is 0 Å². The number of nitrogens with zero attached hydrogens (tertiary/aromatic N) is 3. The molecule has 28 heavy (non-hydrogen) atoms. The molecular formula is C24H23N3O. The Morgan fingerprint density at radius 3 is 2.50 bits per heavy atom. The summed E-state index contributed by atoms with van der Waals surface area (Å²) in [5.41, 5.74) is 7.68. The minimum atomic E-state index is -0.498. The Hall–Kier alpha value is -2.98. The standard InChI is InChI=1S/C24H23N3O/c1-16(28)18-4-3-5-19(12-18)22-14-26-27-15-20(13-25-23(22)27)17-6-8-21(9-7-17)24(2)10-11-24/h3-9,12-16,28H,10-11H2,1-2H3. The normalized spacial score (nSPS) is 16.2. The molecule has 5 rings (SSSR count). The molecule has 1 unspecified atom stereocenters. The quantitative estimate of drug-likeness (QED) is 0.540. The molecule has 0 spiro atoms. The predicted octanol–water partition coefficient (Wildman–Crippen LogP) is 5.17. The summed E-state index contributed by atoms with van der Waals surface area (Å²) < 4.78 is 1.83. The third-order valence-electron chi connectivity index (χ3n) is 5.95. The van der Waals surface area contributed by atoms with E-state index in [0.29, 0.717) is 5.41 Å². The molecule has 1 atom stereocenters. The fraction of sp³-hybridized carbons (Fsp3) is 0.250. The summed E-state index contributed by atoms with van der Waals surface area (Å²) in [6, 6.07) is 16.7. The third kappa shape index (κ3) is 2.90. The third-order valence-corrected chi connectivity index (χ3v) is 5.95. The summed E-state index contributed by atoms with van der Waals surface area (Å²) in [5.74, 6) is 0. The van der Waals surface area contributed by atoms with Gasteiger partial charge >= 0.3 is 0 Å². The van der Waals surface area contributed by atoms with Gasteiger partial charge in [0.1, 0.15) is 0 Å². The van der Waals surface area contributed by atoms with Crippen molar-refractivity contribution in [1.82, 2.24) is 14.6 Å². The first kappa shape index (κ1) is 17.1. The summed E-state index contributed by atoms with van der Waals surface area (Å²) in [7, 11) is 0. The number of aromatic nitrogens is 3. The van der Waals surface area contributed by atoms with Gasteiger partial charge in [-0.3, -0.25) is 0 Å². The lowest BCUT2D eigenvalue weighted by molar-refractivity contribution is 0.199. The van der Waals surface area contributed by atoms with Crippen LogP contribution in [0.4, 0.5) is 0 Å². The molecule has 140 valence electrons. The highest BCUT2D eigenvalue weighted by atomic mass is 16.3. The van der Waals surface area contributed by atoms with Crippen molar-refractivity contribution in [1.29, 1.82) is 0 Å². The van der Waals surface area contributed by atoms with E-state index in [2.05, 4.69) is 41.3 Å².